The summed E-state index contributed by atoms with van der Waals surface area (Å²) in [4.78, 5) is 56.6. The van der Waals surface area contributed by atoms with Crippen molar-refractivity contribution in [2.75, 3.05) is 19.6 Å². The number of fused-ring (bicyclic) bond motifs is 1. The van der Waals surface area contributed by atoms with Crippen LogP contribution in [0.25, 0.3) is 0 Å². The number of nitrogens with one attached hydrogen (secondary N) is 1. The molecule has 9 nitrogen and oxygen atoms in total. The Kier molecular flexibility index (Phi) is 11.6. The number of nitrogens with zero attached hydrogens (tertiary/aromatic N) is 2. The van der Waals surface area contributed by atoms with Crippen molar-refractivity contribution in [2.45, 2.75) is 103 Å². The van der Waals surface area contributed by atoms with Crippen LogP contribution in [0, 0.1) is 5.92 Å². The highest BCUT2D eigenvalue weighted by atomic mass is 16.6. The molecule has 2 aliphatic rings. The molecule has 0 spiro atoms. The van der Waals surface area contributed by atoms with Gasteiger partial charge >= 0.3 is 12.2 Å². The summed E-state index contributed by atoms with van der Waals surface area (Å²) in [6.07, 6.45) is 4.01. The quantitative estimate of drug-likeness (QED) is 0.337. The van der Waals surface area contributed by atoms with Gasteiger partial charge in [0.2, 0.25) is 5.91 Å². The Morgan fingerprint density at radius 2 is 1.69 bits per heavy atom. The van der Waals surface area contributed by atoms with Crippen molar-refractivity contribution in [3.8, 4) is 0 Å². The van der Waals surface area contributed by atoms with Crippen LogP contribution in [0.15, 0.2) is 54.6 Å². The number of Topliss-reactive ketones (excluding diaryl/α,β-unsaturated/α-hetero) is 1. The van der Waals surface area contributed by atoms with E-state index in [4.69, 9.17) is 9.47 Å². The maximum absolute atomic E-state index is 14.0. The summed E-state index contributed by atoms with van der Waals surface area (Å²) < 4.78 is 11.0. The molecule has 2 aromatic carbocycles. The molecule has 45 heavy (non-hydrogen) atoms. The highest BCUT2D eigenvalue weighted by molar-refractivity contribution is 5.93. The second-order valence-corrected chi connectivity index (χ2v) is 13.5. The number of alkyl carbamates (subject to hydrolysis) is 1. The van der Waals surface area contributed by atoms with Gasteiger partial charge in [0.15, 0.2) is 5.78 Å². The smallest absolute Gasteiger partial charge is 0.410 e. The van der Waals surface area contributed by atoms with Crippen molar-refractivity contribution in [1.82, 2.24) is 15.1 Å². The first-order valence-electron chi connectivity index (χ1n) is 16.3. The first kappa shape index (κ1) is 34.0. The van der Waals surface area contributed by atoms with E-state index in [9.17, 15) is 19.2 Å². The molecule has 0 radical (unpaired) electrons. The molecule has 1 aliphatic heterocycles. The number of hydrogen-bond acceptors (Lipinski definition) is 6. The normalized spacial score (nSPS) is 19.0. The molecule has 3 amide bonds. The zero-order valence-corrected chi connectivity index (χ0v) is 27.4. The minimum absolute atomic E-state index is 0.0434. The van der Waals surface area contributed by atoms with E-state index in [0.717, 1.165) is 31.2 Å². The molecule has 0 aromatic heterocycles. The van der Waals surface area contributed by atoms with Crippen LogP contribution in [0.4, 0.5) is 9.59 Å². The molecule has 2 aromatic rings. The van der Waals surface area contributed by atoms with E-state index in [2.05, 4.69) is 29.6 Å². The number of aryl methyl sites for hydroxylation is 1. The molecular formula is C36H49N3O6. The number of hydrogen-bond donors (Lipinski definition) is 1. The van der Waals surface area contributed by atoms with Crippen LogP contribution in [0.5, 0.6) is 0 Å². The first-order chi connectivity index (χ1) is 21.4. The Hall–Kier alpha value is -3.88. The average molecular weight is 620 g/mol. The van der Waals surface area contributed by atoms with Crippen molar-refractivity contribution in [3.63, 3.8) is 0 Å². The summed E-state index contributed by atoms with van der Waals surface area (Å²) in [5.41, 5.74) is 2.92. The topological polar surface area (TPSA) is 105 Å². The lowest BCUT2D eigenvalue weighted by Gasteiger charge is -2.42. The van der Waals surface area contributed by atoms with Crippen molar-refractivity contribution in [3.05, 3.63) is 71.3 Å². The molecule has 1 N–H and O–H groups in total. The molecule has 0 unspecified atom stereocenters. The summed E-state index contributed by atoms with van der Waals surface area (Å²) in [7, 11) is 0. The van der Waals surface area contributed by atoms with Crippen LogP contribution in [0.3, 0.4) is 0 Å². The second kappa shape index (κ2) is 15.4. The first-order valence-corrected chi connectivity index (χ1v) is 16.3. The number of piperazine rings is 1. The fraction of sp³-hybridized carbons (Fsp3) is 0.556. The Bertz CT molecular complexity index is 1320. The number of benzene rings is 2. The van der Waals surface area contributed by atoms with Gasteiger partial charge in [-0.3, -0.25) is 9.59 Å². The minimum atomic E-state index is -0.884. The Balaban J connectivity index is 1.46. The number of rotatable bonds is 10. The third-order valence-corrected chi connectivity index (χ3v) is 8.57. The van der Waals surface area contributed by atoms with Gasteiger partial charge in [0, 0.05) is 19.5 Å². The molecule has 4 rings (SSSR count). The molecule has 244 valence electrons. The van der Waals surface area contributed by atoms with E-state index >= 15 is 0 Å². The van der Waals surface area contributed by atoms with Crippen LogP contribution < -0.4 is 5.32 Å². The average Bonchev–Trinajstić information content (AvgIpc) is 3.01. The van der Waals surface area contributed by atoms with Crippen molar-refractivity contribution >= 4 is 23.9 Å². The van der Waals surface area contributed by atoms with Gasteiger partial charge < -0.3 is 24.6 Å². The highest BCUT2D eigenvalue weighted by Crippen LogP contribution is 2.35. The van der Waals surface area contributed by atoms with Crippen LogP contribution in [0.1, 0.15) is 89.3 Å². The number of ether oxygens (including phenoxy) is 2. The van der Waals surface area contributed by atoms with E-state index < -0.39 is 29.9 Å². The Morgan fingerprint density at radius 1 is 0.978 bits per heavy atom. The lowest BCUT2D eigenvalue weighted by molar-refractivity contribution is -0.145. The number of carbonyl (C=O) groups excluding carboxylic acids is 4. The maximum atomic E-state index is 14.0. The van der Waals surface area contributed by atoms with Gasteiger partial charge in [-0.05, 0) is 81.4 Å². The highest BCUT2D eigenvalue weighted by Gasteiger charge is 2.41. The molecule has 1 fully saturated rings. The van der Waals surface area contributed by atoms with Gasteiger partial charge in [0.1, 0.15) is 24.3 Å². The van der Waals surface area contributed by atoms with Crippen molar-refractivity contribution in [1.29, 1.82) is 0 Å². The molecule has 3 atom stereocenters. The van der Waals surface area contributed by atoms with Crippen LogP contribution in [0.2, 0.25) is 0 Å². The molecular weight excluding hydrogens is 570 g/mol. The molecule has 1 heterocycles. The molecule has 0 bridgehead atoms. The summed E-state index contributed by atoms with van der Waals surface area (Å²) in [6.45, 7) is 9.51. The van der Waals surface area contributed by atoms with Crippen LogP contribution >= 0.6 is 0 Å². The van der Waals surface area contributed by atoms with E-state index in [1.54, 1.807) is 25.7 Å². The van der Waals surface area contributed by atoms with Crippen molar-refractivity contribution < 1.29 is 28.7 Å². The van der Waals surface area contributed by atoms with Gasteiger partial charge in [-0.25, -0.2) is 9.59 Å². The summed E-state index contributed by atoms with van der Waals surface area (Å²) in [6, 6.07) is 16.2. The number of carbonyl (C=O) groups is 4. The zero-order chi connectivity index (χ0) is 32.6. The maximum Gasteiger partial charge on any atom is 0.410 e. The predicted molar refractivity (Wildman–Crippen MR) is 173 cm³/mol. The van der Waals surface area contributed by atoms with Gasteiger partial charge in [0.25, 0.3) is 0 Å². The fourth-order valence-corrected chi connectivity index (χ4v) is 6.27. The summed E-state index contributed by atoms with van der Waals surface area (Å²) >= 11 is 0. The predicted octanol–water partition coefficient (Wildman–Crippen LogP) is 6.24. The number of ketones is 1. The lowest BCUT2D eigenvalue weighted by Crippen LogP contribution is -2.63. The van der Waals surface area contributed by atoms with Gasteiger partial charge in [-0.1, -0.05) is 68.4 Å². The molecule has 1 saturated heterocycles. The third-order valence-electron chi connectivity index (χ3n) is 8.57. The van der Waals surface area contributed by atoms with E-state index in [1.807, 2.05) is 44.2 Å². The van der Waals surface area contributed by atoms with Gasteiger partial charge in [-0.2, -0.15) is 0 Å². The lowest BCUT2D eigenvalue weighted by atomic mass is 9.80. The third kappa shape index (κ3) is 9.55. The molecule has 0 saturated carbocycles. The molecule has 9 heteroatoms. The fourth-order valence-electron chi connectivity index (χ4n) is 6.27. The van der Waals surface area contributed by atoms with E-state index in [0.29, 0.717) is 18.8 Å². The summed E-state index contributed by atoms with van der Waals surface area (Å²) in [5, 5.41) is 2.73. The van der Waals surface area contributed by atoms with Crippen LogP contribution in [-0.2, 0) is 32.1 Å². The SMILES string of the molecule is CC(C)[C@H](NC(=O)OC(C)(C)C)C(=O)N1CCN(C(=O)OCc2ccccc2)C[C@H]1C(=O)CCC[C@@H]1CCCc2ccccc21. The van der Waals surface area contributed by atoms with E-state index in [-0.39, 0.29) is 43.8 Å². The Morgan fingerprint density at radius 3 is 2.40 bits per heavy atom. The Labute approximate surface area is 267 Å². The molecule has 1 aliphatic carbocycles. The van der Waals surface area contributed by atoms with Gasteiger partial charge in [-0.15, -0.1) is 0 Å². The van der Waals surface area contributed by atoms with Gasteiger partial charge in [0.05, 0.1) is 6.54 Å². The zero-order valence-electron chi connectivity index (χ0n) is 27.4. The standard InChI is InChI=1S/C36H49N3O6/c1-25(2)32(37-34(42)45-36(3,4)5)33(41)39-22-21-38(35(43)44-24-26-13-7-6-8-14-26)23-30(39)31(40)20-12-18-28-17-11-16-27-15-9-10-19-29(27)28/h6-10,13-15,19,25,28,30,32H,11-12,16-18,20-24H2,1-5H3,(H,37,42)/t28-,30-,32-/m0/s1. The largest absolute Gasteiger partial charge is 0.445 e. The second-order valence-electron chi connectivity index (χ2n) is 13.5. The monoisotopic (exact) mass is 619 g/mol. The summed E-state index contributed by atoms with van der Waals surface area (Å²) in [5.74, 6) is -0.277. The van der Waals surface area contributed by atoms with E-state index in [1.165, 1.54) is 16.0 Å². The van der Waals surface area contributed by atoms with Crippen molar-refractivity contribution in [2.24, 2.45) is 5.92 Å². The number of amides is 3. The van der Waals surface area contributed by atoms with Crippen LogP contribution in [-0.4, -0.2) is 71.0 Å². The minimum Gasteiger partial charge on any atom is -0.445 e.